The number of hydrogen-bond acceptors (Lipinski definition) is 0. The molecule has 0 aliphatic heterocycles. The van der Waals surface area contributed by atoms with E-state index in [9.17, 15) is 0 Å². The molecular formula is C29H25F. The standard InChI is InChI=1S/C29H25F/c1-3-22-8-10-24(11-9-22)12-13-25-15-19-28-27(20-25)18-17-26(29(28)30)16-14-23-6-4-21(2)5-7-23/h4-11,15,17-20H,3,14,16H2,1-2H3. The lowest BCUT2D eigenvalue weighted by molar-refractivity contribution is 0.620. The van der Waals surface area contributed by atoms with Gasteiger partial charge in [-0.3, -0.25) is 0 Å². The third kappa shape index (κ3) is 4.61. The number of rotatable bonds is 4. The summed E-state index contributed by atoms with van der Waals surface area (Å²) in [5, 5.41) is 1.55. The SMILES string of the molecule is CCc1ccc(C#Cc2ccc3c(F)c(CCc4ccc(C)cc4)ccc3c2)cc1. The monoisotopic (exact) mass is 392 g/mol. The van der Waals surface area contributed by atoms with Crippen LogP contribution >= 0.6 is 0 Å². The molecule has 0 radical (unpaired) electrons. The van der Waals surface area contributed by atoms with E-state index in [0.29, 0.717) is 11.8 Å². The number of aryl methyl sites for hydroxylation is 4. The molecule has 0 heterocycles. The van der Waals surface area contributed by atoms with Gasteiger partial charge in [0.25, 0.3) is 0 Å². The van der Waals surface area contributed by atoms with E-state index in [1.165, 1.54) is 16.7 Å². The summed E-state index contributed by atoms with van der Waals surface area (Å²) in [6.45, 7) is 4.22. The van der Waals surface area contributed by atoms with Crippen LogP contribution in [0.4, 0.5) is 4.39 Å². The molecule has 0 fully saturated rings. The van der Waals surface area contributed by atoms with Gasteiger partial charge < -0.3 is 0 Å². The maximum Gasteiger partial charge on any atom is 0.134 e. The molecule has 0 spiro atoms. The highest BCUT2D eigenvalue weighted by molar-refractivity contribution is 5.85. The first kappa shape index (κ1) is 19.9. The van der Waals surface area contributed by atoms with Crippen LogP contribution in [-0.4, -0.2) is 0 Å². The van der Waals surface area contributed by atoms with Crippen LogP contribution in [0.25, 0.3) is 10.8 Å². The zero-order chi connectivity index (χ0) is 20.9. The maximum atomic E-state index is 15.1. The smallest absolute Gasteiger partial charge is 0.134 e. The van der Waals surface area contributed by atoms with Gasteiger partial charge in [-0.15, -0.1) is 0 Å². The van der Waals surface area contributed by atoms with E-state index in [4.69, 9.17) is 0 Å². The fourth-order valence-corrected chi connectivity index (χ4v) is 3.61. The maximum absolute atomic E-state index is 15.1. The predicted octanol–water partition coefficient (Wildman–Crippen LogP) is 7.03. The lowest BCUT2D eigenvalue weighted by Crippen LogP contribution is -1.96. The van der Waals surface area contributed by atoms with Gasteiger partial charge in [-0.2, -0.15) is 0 Å². The molecule has 4 aromatic rings. The zero-order valence-corrected chi connectivity index (χ0v) is 17.5. The number of halogens is 1. The van der Waals surface area contributed by atoms with Crippen molar-refractivity contribution in [1.29, 1.82) is 0 Å². The minimum Gasteiger partial charge on any atom is -0.206 e. The van der Waals surface area contributed by atoms with Crippen LogP contribution in [0.3, 0.4) is 0 Å². The van der Waals surface area contributed by atoms with Gasteiger partial charge in [-0.25, -0.2) is 4.39 Å². The minimum absolute atomic E-state index is 0.116. The Kier molecular flexibility index (Phi) is 5.96. The lowest BCUT2D eigenvalue weighted by Gasteiger charge is -2.08. The molecule has 0 saturated carbocycles. The molecule has 0 unspecified atom stereocenters. The van der Waals surface area contributed by atoms with Gasteiger partial charge >= 0.3 is 0 Å². The van der Waals surface area contributed by atoms with Gasteiger partial charge in [-0.1, -0.05) is 78.9 Å². The van der Waals surface area contributed by atoms with Gasteiger partial charge in [0.05, 0.1) is 0 Å². The van der Waals surface area contributed by atoms with Crippen LogP contribution in [0, 0.1) is 24.6 Å². The van der Waals surface area contributed by atoms with Crippen LogP contribution in [0.15, 0.2) is 78.9 Å². The normalized spacial score (nSPS) is 10.6. The van der Waals surface area contributed by atoms with Crippen molar-refractivity contribution in [3.63, 3.8) is 0 Å². The van der Waals surface area contributed by atoms with Gasteiger partial charge in [0.15, 0.2) is 0 Å². The summed E-state index contributed by atoms with van der Waals surface area (Å²) < 4.78 is 15.1. The van der Waals surface area contributed by atoms with Crippen molar-refractivity contribution < 1.29 is 4.39 Å². The molecule has 4 rings (SSSR count). The van der Waals surface area contributed by atoms with Crippen LogP contribution in [-0.2, 0) is 19.3 Å². The molecule has 0 atom stereocenters. The molecule has 148 valence electrons. The fraction of sp³-hybridized carbons (Fsp3) is 0.172. The van der Waals surface area contributed by atoms with E-state index < -0.39 is 0 Å². The molecule has 0 amide bonds. The number of benzene rings is 4. The van der Waals surface area contributed by atoms with Gasteiger partial charge in [-0.05, 0) is 72.5 Å². The third-order valence-electron chi connectivity index (χ3n) is 5.55. The first-order valence-electron chi connectivity index (χ1n) is 10.5. The second-order valence-corrected chi connectivity index (χ2v) is 7.76. The van der Waals surface area contributed by atoms with E-state index in [1.54, 1.807) is 0 Å². The van der Waals surface area contributed by atoms with E-state index in [-0.39, 0.29) is 5.82 Å². The highest BCUT2D eigenvalue weighted by atomic mass is 19.1. The van der Waals surface area contributed by atoms with Crippen molar-refractivity contribution in [3.8, 4) is 11.8 Å². The van der Waals surface area contributed by atoms with Crippen LogP contribution in [0.5, 0.6) is 0 Å². The zero-order valence-electron chi connectivity index (χ0n) is 17.5. The van der Waals surface area contributed by atoms with E-state index in [2.05, 4.69) is 62.1 Å². The number of hydrogen-bond donors (Lipinski definition) is 0. The molecule has 4 aromatic carbocycles. The molecule has 30 heavy (non-hydrogen) atoms. The molecule has 0 aromatic heterocycles. The Hall–Kier alpha value is -3.37. The Balaban J connectivity index is 1.53. The lowest BCUT2D eigenvalue weighted by atomic mass is 9.99. The summed E-state index contributed by atoms with van der Waals surface area (Å²) in [4.78, 5) is 0. The van der Waals surface area contributed by atoms with Gasteiger partial charge in [0.2, 0.25) is 0 Å². The van der Waals surface area contributed by atoms with Crippen molar-refractivity contribution in [2.24, 2.45) is 0 Å². The van der Waals surface area contributed by atoms with Crippen LogP contribution in [0.2, 0.25) is 0 Å². The molecule has 0 aliphatic carbocycles. The quantitative estimate of drug-likeness (QED) is 0.327. The summed E-state index contributed by atoms with van der Waals surface area (Å²) in [5.41, 5.74) is 6.43. The second-order valence-electron chi connectivity index (χ2n) is 7.76. The number of fused-ring (bicyclic) bond motifs is 1. The topological polar surface area (TPSA) is 0 Å². The summed E-state index contributed by atoms with van der Waals surface area (Å²) in [6, 6.07) is 26.4. The van der Waals surface area contributed by atoms with E-state index in [1.807, 2.05) is 42.5 Å². The van der Waals surface area contributed by atoms with Crippen LogP contribution < -0.4 is 0 Å². The molecule has 1 heteroatoms. The van der Waals surface area contributed by atoms with Crippen molar-refractivity contribution in [2.75, 3.05) is 0 Å². The Morgan fingerprint density at radius 1 is 0.700 bits per heavy atom. The van der Waals surface area contributed by atoms with Crippen molar-refractivity contribution in [1.82, 2.24) is 0 Å². The van der Waals surface area contributed by atoms with Gasteiger partial charge in [0, 0.05) is 16.5 Å². The highest BCUT2D eigenvalue weighted by Crippen LogP contribution is 2.23. The van der Waals surface area contributed by atoms with Crippen molar-refractivity contribution in [3.05, 3.63) is 118 Å². The fourth-order valence-electron chi connectivity index (χ4n) is 3.61. The van der Waals surface area contributed by atoms with Crippen molar-refractivity contribution in [2.45, 2.75) is 33.1 Å². The predicted molar refractivity (Wildman–Crippen MR) is 124 cm³/mol. The summed E-state index contributed by atoms with van der Waals surface area (Å²) in [6.07, 6.45) is 2.56. The summed E-state index contributed by atoms with van der Waals surface area (Å²) in [5.74, 6) is 6.29. The van der Waals surface area contributed by atoms with Gasteiger partial charge in [0.1, 0.15) is 5.82 Å². The summed E-state index contributed by atoms with van der Waals surface area (Å²) in [7, 11) is 0. The summed E-state index contributed by atoms with van der Waals surface area (Å²) >= 11 is 0. The van der Waals surface area contributed by atoms with E-state index in [0.717, 1.165) is 34.9 Å². The third-order valence-corrected chi connectivity index (χ3v) is 5.55. The second kappa shape index (κ2) is 8.97. The molecule has 0 N–H and O–H groups in total. The largest absolute Gasteiger partial charge is 0.206 e. The highest BCUT2D eigenvalue weighted by Gasteiger charge is 2.08. The average molecular weight is 393 g/mol. The minimum atomic E-state index is -0.116. The molecule has 0 nitrogen and oxygen atoms in total. The van der Waals surface area contributed by atoms with E-state index >= 15 is 4.39 Å². The molecule has 0 bridgehead atoms. The Morgan fingerprint density at radius 3 is 2.10 bits per heavy atom. The Morgan fingerprint density at radius 2 is 1.37 bits per heavy atom. The first-order valence-corrected chi connectivity index (χ1v) is 10.5. The molecule has 0 aliphatic rings. The van der Waals surface area contributed by atoms with Crippen molar-refractivity contribution >= 4 is 10.8 Å². The Labute approximate surface area is 178 Å². The molecular weight excluding hydrogens is 367 g/mol. The van der Waals surface area contributed by atoms with Crippen LogP contribution in [0.1, 0.15) is 40.3 Å². The Bertz CT molecular complexity index is 1220. The first-order chi connectivity index (χ1) is 14.6. The molecule has 0 saturated heterocycles. The average Bonchev–Trinajstić information content (AvgIpc) is 2.78.